The van der Waals surface area contributed by atoms with Gasteiger partial charge in [-0.05, 0) is 13.3 Å². The predicted molar refractivity (Wildman–Crippen MR) is 46.4 cm³/mol. The van der Waals surface area contributed by atoms with Crippen LogP contribution in [0.25, 0.3) is 0 Å². The largest absolute Gasteiger partial charge is 0.373 e. The van der Waals surface area contributed by atoms with Crippen LogP contribution in [0.15, 0.2) is 0 Å². The van der Waals surface area contributed by atoms with E-state index >= 15 is 0 Å². The van der Waals surface area contributed by atoms with Gasteiger partial charge < -0.3 is 4.74 Å². The summed E-state index contributed by atoms with van der Waals surface area (Å²) in [5, 5.41) is 0. The number of ether oxygens (including phenoxy) is 1. The van der Waals surface area contributed by atoms with E-state index in [2.05, 4.69) is 0 Å². The fourth-order valence-electron chi connectivity index (χ4n) is 0.756. The molecule has 13 heavy (non-hydrogen) atoms. The second-order valence-corrected chi connectivity index (χ2v) is 2.56. The van der Waals surface area contributed by atoms with E-state index in [1.807, 2.05) is 0 Å². The number of Topliss-reactive ketones (excluding diaryl/α,β-unsaturated/α-hetero) is 3. The SMILES string of the molecule is CCCC(=O)C(=O)C(=O)COCC. The van der Waals surface area contributed by atoms with E-state index in [4.69, 9.17) is 4.74 Å². The zero-order valence-corrected chi connectivity index (χ0v) is 7.96. The molecule has 0 aliphatic heterocycles. The number of ketones is 3. The van der Waals surface area contributed by atoms with Gasteiger partial charge in [0, 0.05) is 13.0 Å². The Balaban J connectivity index is 3.95. The van der Waals surface area contributed by atoms with Crippen molar-refractivity contribution in [1.29, 1.82) is 0 Å². The number of rotatable bonds is 7. The molecule has 0 heterocycles. The summed E-state index contributed by atoms with van der Waals surface area (Å²) in [4.78, 5) is 32.8. The van der Waals surface area contributed by atoms with Crippen LogP contribution in [0.4, 0.5) is 0 Å². The maximum atomic E-state index is 11.0. The summed E-state index contributed by atoms with van der Waals surface area (Å²) in [5.74, 6) is -2.30. The first-order valence-corrected chi connectivity index (χ1v) is 4.31. The van der Waals surface area contributed by atoms with E-state index < -0.39 is 17.3 Å². The quantitative estimate of drug-likeness (QED) is 0.430. The van der Waals surface area contributed by atoms with Crippen LogP contribution in [0.1, 0.15) is 26.7 Å². The monoisotopic (exact) mass is 186 g/mol. The molecular weight excluding hydrogens is 172 g/mol. The van der Waals surface area contributed by atoms with Gasteiger partial charge in [0.1, 0.15) is 6.61 Å². The summed E-state index contributed by atoms with van der Waals surface area (Å²) < 4.78 is 4.72. The van der Waals surface area contributed by atoms with Crippen LogP contribution in [-0.2, 0) is 19.1 Å². The first kappa shape index (κ1) is 12.0. The summed E-state index contributed by atoms with van der Waals surface area (Å²) in [6.45, 7) is 3.57. The molecule has 0 aromatic carbocycles. The van der Waals surface area contributed by atoms with Gasteiger partial charge in [0.05, 0.1) is 0 Å². The van der Waals surface area contributed by atoms with Crippen LogP contribution in [0.5, 0.6) is 0 Å². The lowest BCUT2D eigenvalue weighted by atomic mass is 10.1. The molecule has 0 atom stereocenters. The second kappa shape index (κ2) is 6.48. The van der Waals surface area contributed by atoms with Gasteiger partial charge in [0.2, 0.25) is 11.6 Å². The summed E-state index contributed by atoms with van der Waals surface area (Å²) in [6.07, 6.45) is 0.711. The van der Waals surface area contributed by atoms with Crippen LogP contribution in [0, 0.1) is 0 Å². The van der Waals surface area contributed by atoms with Gasteiger partial charge in [0.15, 0.2) is 0 Å². The average molecular weight is 186 g/mol. The van der Waals surface area contributed by atoms with E-state index in [0.29, 0.717) is 13.0 Å². The highest BCUT2D eigenvalue weighted by Gasteiger charge is 2.20. The third kappa shape index (κ3) is 4.52. The molecule has 0 radical (unpaired) electrons. The lowest BCUT2D eigenvalue weighted by molar-refractivity contribution is -0.145. The lowest BCUT2D eigenvalue weighted by Crippen LogP contribution is -2.27. The van der Waals surface area contributed by atoms with E-state index in [0.717, 1.165) is 0 Å². The number of carbonyl (C=O) groups is 3. The Morgan fingerprint density at radius 3 is 2.15 bits per heavy atom. The fraction of sp³-hybridized carbons (Fsp3) is 0.667. The summed E-state index contributed by atoms with van der Waals surface area (Å²) in [6, 6.07) is 0. The molecule has 4 nitrogen and oxygen atoms in total. The lowest BCUT2D eigenvalue weighted by Gasteiger charge is -1.98. The minimum Gasteiger partial charge on any atom is -0.373 e. The molecule has 0 N–H and O–H groups in total. The summed E-state index contributed by atoms with van der Waals surface area (Å²) >= 11 is 0. The van der Waals surface area contributed by atoms with Crippen molar-refractivity contribution in [3.63, 3.8) is 0 Å². The summed E-state index contributed by atoms with van der Waals surface area (Å²) in [7, 11) is 0. The molecule has 0 bridgehead atoms. The van der Waals surface area contributed by atoms with Crippen molar-refractivity contribution in [3.8, 4) is 0 Å². The minimum atomic E-state index is -0.935. The Kier molecular flexibility index (Phi) is 5.97. The van der Waals surface area contributed by atoms with Crippen LogP contribution < -0.4 is 0 Å². The highest BCUT2D eigenvalue weighted by molar-refractivity contribution is 6.64. The van der Waals surface area contributed by atoms with Crippen LogP contribution >= 0.6 is 0 Å². The van der Waals surface area contributed by atoms with Crippen LogP contribution in [0.2, 0.25) is 0 Å². The second-order valence-electron chi connectivity index (χ2n) is 2.56. The Morgan fingerprint density at radius 2 is 1.69 bits per heavy atom. The van der Waals surface area contributed by atoms with Crippen molar-refractivity contribution in [1.82, 2.24) is 0 Å². The highest BCUT2D eigenvalue weighted by atomic mass is 16.5. The van der Waals surface area contributed by atoms with Gasteiger partial charge in [0.25, 0.3) is 5.78 Å². The standard InChI is InChI=1S/C9H14O4/c1-3-5-7(10)9(12)8(11)6-13-4-2/h3-6H2,1-2H3. The van der Waals surface area contributed by atoms with E-state index in [9.17, 15) is 14.4 Å². The van der Waals surface area contributed by atoms with E-state index in [1.54, 1.807) is 13.8 Å². The zero-order chi connectivity index (χ0) is 10.3. The van der Waals surface area contributed by atoms with Crippen molar-refractivity contribution >= 4 is 17.3 Å². The van der Waals surface area contributed by atoms with Crippen LogP contribution in [0.3, 0.4) is 0 Å². The van der Waals surface area contributed by atoms with Crippen LogP contribution in [-0.4, -0.2) is 30.6 Å². The van der Waals surface area contributed by atoms with Gasteiger partial charge >= 0.3 is 0 Å². The van der Waals surface area contributed by atoms with Crippen molar-refractivity contribution < 1.29 is 19.1 Å². The number of carbonyl (C=O) groups excluding carboxylic acids is 3. The Bertz CT molecular complexity index is 208. The molecule has 0 saturated heterocycles. The maximum Gasteiger partial charge on any atom is 0.266 e. The first-order valence-electron chi connectivity index (χ1n) is 4.31. The Labute approximate surface area is 77.3 Å². The topological polar surface area (TPSA) is 60.4 Å². The number of hydrogen-bond donors (Lipinski definition) is 0. The normalized spacial score (nSPS) is 9.69. The number of hydrogen-bond acceptors (Lipinski definition) is 4. The molecule has 0 amide bonds. The molecule has 0 aromatic rings. The third-order valence-corrected chi connectivity index (χ3v) is 1.42. The molecule has 0 fully saturated rings. The smallest absolute Gasteiger partial charge is 0.266 e. The van der Waals surface area contributed by atoms with Gasteiger partial charge in [-0.15, -0.1) is 0 Å². The molecule has 0 aliphatic carbocycles. The molecule has 0 unspecified atom stereocenters. The predicted octanol–water partition coefficient (Wildman–Crippen LogP) is 0.530. The van der Waals surface area contributed by atoms with Crippen molar-refractivity contribution in [2.75, 3.05) is 13.2 Å². The molecule has 0 spiro atoms. The van der Waals surface area contributed by atoms with Crippen molar-refractivity contribution in [2.24, 2.45) is 0 Å². The highest BCUT2D eigenvalue weighted by Crippen LogP contribution is 1.92. The molecule has 0 aliphatic rings. The fourth-order valence-corrected chi connectivity index (χ4v) is 0.756. The van der Waals surface area contributed by atoms with Gasteiger partial charge in [-0.2, -0.15) is 0 Å². The first-order chi connectivity index (χ1) is 6.13. The molecule has 4 heteroatoms. The van der Waals surface area contributed by atoms with Gasteiger partial charge in [-0.1, -0.05) is 6.92 Å². The molecule has 74 valence electrons. The zero-order valence-electron chi connectivity index (χ0n) is 7.96. The minimum absolute atomic E-state index is 0.136. The molecule has 0 rings (SSSR count). The maximum absolute atomic E-state index is 11.0. The third-order valence-electron chi connectivity index (χ3n) is 1.42. The summed E-state index contributed by atoms with van der Waals surface area (Å²) in [5.41, 5.74) is 0. The van der Waals surface area contributed by atoms with E-state index in [1.165, 1.54) is 0 Å². The van der Waals surface area contributed by atoms with Gasteiger partial charge in [-0.25, -0.2) is 0 Å². The average Bonchev–Trinajstić information content (AvgIpc) is 2.13. The Morgan fingerprint density at radius 1 is 1.08 bits per heavy atom. The van der Waals surface area contributed by atoms with Gasteiger partial charge in [-0.3, -0.25) is 14.4 Å². The van der Waals surface area contributed by atoms with Crippen molar-refractivity contribution in [3.05, 3.63) is 0 Å². The Hall–Kier alpha value is -1.03. The molecule has 0 saturated carbocycles. The van der Waals surface area contributed by atoms with Crippen molar-refractivity contribution in [2.45, 2.75) is 26.7 Å². The molecule has 0 aromatic heterocycles. The molecular formula is C9H14O4. The van der Waals surface area contributed by atoms with E-state index in [-0.39, 0.29) is 13.0 Å².